The Morgan fingerprint density at radius 2 is 1.52 bits per heavy atom. The standard InChI is InChI=1S/C38H50O6/c1-21(2)11-13-25-19-37(20-26-18-27(23(5)6)35(26,7)8)32(42)30(31(41)24-12-14-28(39)29(40)17-24)33(43)38(34(37)44,36(25,9)10)16-15-22(3)4/h11-12,14-15,17,25-27,39-41H,5,13,16,18-20H2,1-4,6-10H3/b31-30-/t25-,26?,27?,37+,38+/m0/s1. The largest absolute Gasteiger partial charge is 0.506 e. The summed E-state index contributed by atoms with van der Waals surface area (Å²) in [6, 6.07) is 3.69. The molecule has 2 unspecified atom stereocenters. The lowest BCUT2D eigenvalue weighted by molar-refractivity contribution is -0.180. The summed E-state index contributed by atoms with van der Waals surface area (Å²) in [5.74, 6) is -2.90. The van der Waals surface area contributed by atoms with Crippen molar-refractivity contribution in [1.29, 1.82) is 0 Å². The van der Waals surface area contributed by atoms with Crippen molar-refractivity contribution in [3.63, 3.8) is 0 Å². The van der Waals surface area contributed by atoms with Gasteiger partial charge in [-0.05, 0) is 114 Å². The van der Waals surface area contributed by atoms with E-state index in [1.807, 2.05) is 54.5 Å². The van der Waals surface area contributed by atoms with Crippen LogP contribution in [-0.4, -0.2) is 32.7 Å². The fourth-order valence-electron chi connectivity index (χ4n) is 8.45. The van der Waals surface area contributed by atoms with E-state index in [4.69, 9.17) is 0 Å². The topological polar surface area (TPSA) is 112 Å². The molecule has 3 N–H and O–H groups in total. The molecule has 44 heavy (non-hydrogen) atoms. The van der Waals surface area contributed by atoms with Gasteiger partial charge in [-0.25, -0.2) is 0 Å². The van der Waals surface area contributed by atoms with E-state index in [1.54, 1.807) is 0 Å². The van der Waals surface area contributed by atoms with E-state index in [9.17, 15) is 24.9 Å². The van der Waals surface area contributed by atoms with Gasteiger partial charge in [0.1, 0.15) is 16.7 Å². The van der Waals surface area contributed by atoms with E-state index in [0.717, 1.165) is 29.2 Å². The van der Waals surface area contributed by atoms with Gasteiger partial charge in [-0.2, -0.15) is 0 Å². The Labute approximate surface area is 262 Å². The summed E-state index contributed by atoms with van der Waals surface area (Å²) in [6.45, 7) is 22.4. The lowest BCUT2D eigenvalue weighted by Gasteiger charge is -2.63. The van der Waals surface area contributed by atoms with Crippen LogP contribution in [0.25, 0.3) is 5.76 Å². The summed E-state index contributed by atoms with van der Waals surface area (Å²) in [5, 5.41) is 31.8. The van der Waals surface area contributed by atoms with E-state index in [-0.39, 0.29) is 58.7 Å². The van der Waals surface area contributed by atoms with Crippen LogP contribution in [0, 0.1) is 39.4 Å². The number of Topliss-reactive ketones (excluding diaryl/α,β-unsaturated/α-hetero) is 3. The van der Waals surface area contributed by atoms with Crippen molar-refractivity contribution in [2.75, 3.05) is 0 Å². The number of carbonyl (C=O) groups excluding carboxylic acids is 3. The number of hydrogen-bond donors (Lipinski definition) is 3. The lowest BCUT2D eigenvalue weighted by atomic mass is 9.37. The first-order chi connectivity index (χ1) is 20.3. The zero-order valence-corrected chi connectivity index (χ0v) is 27.9. The van der Waals surface area contributed by atoms with Crippen molar-refractivity contribution in [1.82, 2.24) is 0 Å². The third kappa shape index (κ3) is 4.89. The van der Waals surface area contributed by atoms with Crippen LogP contribution in [0.4, 0.5) is 0 Å². The van der Waals surface area contributed by atoms with Gasteiger partial charge in [0, 0.05) is 5.56 Å². The molecule has 0 spiro atoms. The molecule has 5 atom stereocenters. The molecule has 0 amide bonds. The smallest absolute Gasteiger partial charge is 0.184 e. The Kier molecular flexibility index (Phi) is 8.51. The molecule has 4 rings (SSSR count). The molecule has 3 saturated carbocycles. The fourth-order valence-corrected chi connectivity index (χ4v) is 8.45. The third-order valence-corrected chi connectivity index (χ3v) is 11.6. The van der Waals surface area contributed by atoms with E-state index in [2.05, 4.69) is 26.5 Å². The van der Waals surface area contributed by atoms with Crippen LogP contribution in [0.1, 0.15) is 100.0 Å². The van der Waals surface area contributed by atoms with E-state index >= 15 is 4.79 Å². The molecule has 2 bridgehead atoms. The van der Waals surface area contributed by atoms with Crippen LogP contribution in [0.5, 0.6) is 11.5 Å². The number of ketones is 3. The molecule has 6 heteroatoms. The normalized spacial score (nSPS) is 31.6. The molecule has 238 valence electrons. The number of fused-ring (bicyclic) bond motifs is 2. The van der Waals surface area contributed by atoms with E-state index in [1.165, 1.54) is 12.1 Å². The zero-order valence-electron chi connectivity index (χ0n) is 27.9. The maximum absolute atomic E-state index is 15.2. The average molecular weight is 603 g/mol. The van der Waals surface area contributed by atoms with Gasteiger partial charge in [-0.15, -0.1) is 0 Å². The first kappa shape index (κ1) is 33.5. The minimum absolute atomic E-state index is 0.0298. The molecule has 1 aromatic carbocycles. The summed E-state index contributed by atoms with van der Waals surface area (Å²) in [5.41, 5.74) is -1.31. The molecule has 0 saturated heterocycles. The first-order valence-electron chi connectivity index (χ1n) is 15.8. The van der Waals surface area contributed by atoms with Gasteiger partial charge in [0.15, 0.2) is 28.8 Å². The van der Waals surface area contributed by atoms with Crippen LogP contribution in [-0.2, 0) is 14.4 Å². The Balaban J connectivity index is 2.04. The molecule has 0 aliphatic heterocycles. The van der Waals surface area contributed by atoms with Crippen molar-refractivity contribution in [3.8, 4) is 11.5 Å². The molecule has 0 aromatic heterocycles. The van der Waals surface area contributed by atoms with Gasteiger partial charge >= 0.3 is 0 Å². The number of rotatable bonds is 8. The fraction of sp³-hybridized carbons (Fsp3) is 0.553. The van der Waals surface area contributed by atoms with Crippen LogP contribution >= 0.6 is 0 Å². The number of aromatic hydroxyl groups is 2. The van der Waals surface area contributed by atoms with Gasteiger partial charge in [-0.3, -0.25) is 14.4 Å². The first-order valence-corrected chi connectivity index (χ1v) is 15.8. The highest BCUT2D eigenvalue weighted by Crippen LogP contribution is 2.68. The van der Waals surface area contributed by atoms with Gasteiger partial charge in [0.05, 0.1) is 5.41 Å². The Morgan fingerprint density at radius 1 is 0.909 bits per heavy atom. The van der Waals surface area contributed by atoms with Crippen molar-refractivity contribution in [3.05, 3.63) is 64.8 Å². The second-order valence-electron chi connectivity index (χ2n) is 15.4. The minimum Gasteiger partial charge on any atom is -0.506 e. The number of aliphatic hydroxyl groups is 1. The highest BCUT2D eigenvalue weighted by molar-refractivity contribution is 6.41. The number of hydrogen-bond acceptors (Lipinski definition) is 6. The van der Waals surface area contributed by atoms with E-state index in [0.29, 0.717) is 12.8 Å². The number of aliphatic hydroxyl groups excluding tert-OH is 1. The molecule has 0 radical (unpaired) electrons. The average Bonchev–Trinajstić information content (AvgIpc) is 2.91. The van der Waals surface area contributed by atoms with Crippen molar-refractivity contribution in [2.24, 2.45) is 39.4 Å². The van der Waals surface area contributed by atoms with Crippen LogP contribution in [0.2, 0.25) is 0 Å². The van der Waals surface area contributed by atoms with Crippen molar-refractivity contribution < 1.29 is 29.7 Å². The number of phenolic OH excluding ortho intramolecular Hbond substituents is 2. The van der Waals surface area contributed by atoms with Crippen LogP contribution < -0.4 is 0 Å². The second kappa shape index (κ2) is 11.2. The molecule has 1 aromatic rings. The summed E-state index contributed by atoms with van der Waals surface area (Å²) in [6.07, 6.45) is 6.18. The quantitative estimate of drug-likeness (QED) is 0.0687. The molecule has 3 fully saturated rings. The predicted octanol–water partition coefficient (Wildman–Crippen LogP) is 8.45. The van der Waals surface area contributed by atoms with Gasteiger partial charge in [-0.1, -0.05) is 63.1 Å². The highest BCUT2D eigenvalue weighted by Gasteiger charge is 2.74. The Morgan fingerprint density at radius 3 is 2.05 bits per heavy atom. The minimum atomic E-state index is -1.58. The Bertz CT molecular complexity index is 1510. The molecule has 0 heterocycles. The SMILES string of the molecule is C=C(C)C1CC(C[C@]23C[C@H](CC=C(C)C)C(C)(C)[C@](CC=C(C)C)(C(=O)/C(=C(\O)c4ccc(O)c(O)c4)C2=O)C3=O)C1(C)C. The molecule has 6 nitrogen and oxygen atoms in total. The zero-order chi connectivity index (χ0) is 33.2. The molecular weight excluding hydrogens is 552 g/mol. The van der Waals surface area contributed by atoms with Gasteiger partial charge in [0.2, 0.25) is 0 Å². The van der Waals surface area contributed by atoms with Crippen molar-refractivity contribution >= 4 is 23.1 Å². The monoisotopic (exact) mass is 602 g/mol. The second-order valence-corrected chi connectivity index (χ2v) is 15.4. The van der Waals surface area contributed by atoms with Crippen LogP contribution in [0.15, 0.2) is 59.2 Å². The highest BCUT2D eigenvalue weighted by atomic mass is 16.3. The maximum Gasteiger partial charge on any atom is 0.184 e. The summed E-state index contributed by atoms with van der Waals surface area (Å²) < 4.78 is 0. The molecular formula is C38H50O6. The lowest BCUT2D eigenvalue weighted by Crippen LogP contribution is -2.70. The number of allylic oxidation sites excluding steroid dienone is 6. The Hall–Kier alpha value is -3.41. The number of phenols is 2. The maximum atomic E-state index is 15.2. The summed E-state index contributed by atoms with van der Waals surface area (Å²) in [7, 11) is 0. The number of carbonyl (C=O) groups is 3. The summed E-state index contributed by atoms with van der Waals surface area (Å²) in [4.78, 5) is 45.0. The van der Waals surface area contributed by atoms with Gasteiger partial charge in [0.25, 0.3) is 0 Å². The predicted molar refractivity (Wildman–Crippen MR) is 174 cm³/mol. The van der Waals surface area contributed by atoms with Gasteiger partial charge < -0.3 is 15.3 Å². The molecule has 3 aliphatic carbocycles. The number of benzene rings is 1. The van der Waals surface area contributed by atoms with Crippen molar-refractivity contribution in [2.45, 2.75) is 94.4 Å². The third-order valence-electron chi connectivity index (χ3n) is 11.6. The van der Waals surface area contributed by atoms with E-state index < -0.39 is 39.3 Å². The van der Waals surface area contributed by atoms with Crippen LogP contribution in [0.3, 0.4) is 0 Å². The molecule has 3 aliphatic rings. The summed E-state index contributed by atoms with van der Waals surface area (Å²) >= 11 is 0.